The van der Waals surface area contributed by atoms with Gasteiger partial charge in [0, 0.05) is 29.8 Å². The minimum atomic E-state index is -0.462. The van der Waals surface area contributed by atoms with Gasteiger partial charge in [-0.15, -0.1) is 0 Å². The molecule has 0 aliphatic heterocycles. The summed E-state index contributed by atoms with van der Waals surface area (Å²) in [5.74, 6) is 0.124. The molecule has 34 heavy (non-hydrogen) atoms. The van der Waals surface area contributed by atoms with Crippen LogP contribution in [0.25, 0.3) is 0 Å². The Bertz CT molecular complexity index is 1140. The number of methoxy groups -OCH3 is 1. The molecule has 0 bridgehead atoms. The number of carbonyl (C=O) groups is 2. The molecule has 1 aromatic heterocycles. The molecule has 12 heteroatoms. The SMILES string of the molecule is COc1cc(CNCCNC(=O)c2nonc2N)c(Br)cc1OCC(=O)Nc1ccc(C)cc1. The highest BCUT2D eigenvalue weighted by Crippen LogP contribution is 2.33. The smallest absolute Gasteiger partial charge is 0.277 e. The van der Waals surface area contributed by atoms with Gasteiger partial charge in [0.15, 0.2) is 18.1 Å². The van der Waals surface area contributed by atoms with Crippen LogP contribution in [0.3, 0.4) is 0 Å². The second-order valence-electron chi connectivity index (χ2n) is 7.23. The largest absolute Gasteiger partial charge is 0.493 e. The molecule has 0 saturated heterocycles. The van der Waals surface area contributed by atoms with Crippen molar-refractivity contribution >= 4 is 39.2 Å². The number of benzene rings is 2. The van der Waals surface area contributed by atoms with E-state index >= 15 is 0 Å². The van der Waals surface area contributed by atoms with Gasteiger partial charge in [0.25, 0.3) is 11.8 Å². The number of amides is 2. The summed E-state index contributed by atoms with van der Waals surface area (Å²) in [5, 5.41) is 15.5. The third-order valence-corrected chi connectivity index (χ3v) is 5.40. The number of carbonyl (C=O) groups excluding carboxylic acids is 2. The fourth-order valence-corrected chi connectivity index (χ4v) is 3.35. The van der Waals surface area contributed by atoms with Crippen molar-refractivity contribution in [2.75, 3.05) is 37.9 Å². The van der Waals surface area contributed by atoms with Gasteiger partial charge in [-0.3, -0.25) is 9.59 Å². The molecule has 0 aliphatic carbocycles. The van der Waals surface area contributed by atoms with Crippen molar-refractivity contribution in [1.82, 2.24) is 20.9 Å². The third kappa shape index (κ3) is 6.93. The number of hydrogen-bond donors (Lipinski definition) is 4. The Morgan fingerprint density at radius 2 is 1.88 bits per heavy atom. The number of nitrogens with two attached hydrogens (primary N) is 1. The lowest BCUT2D eigenvalue weighted by atomic mass is 10.2. The maximum atomic E-state index is 12.2. The second-order valence-corrected chi connectivity index (χ2v) is 8.08. The molecule has 11 nitrogen and oxygen atoms in total. The van der Waals surface area contributed by atoms with Gasteiger partial charge in [0.1, 0.15) is 0 Å². The number of hydrogen-bond acceptors (Lipinski definition) is 9. The van der Waals surface area contributed by atoms with E-state index in [1.165, 1.54) is 7.11 Å². The van der Waals surface area contributed by atoms with Gasteiger partial charge in [-0.05, 0) is 47.1 Å². The number of rotatable bonds is 11. The zero-order valence-corrected chi connectivity index (χ0v) is 20.3. The lowest BCUT2D eigenvalue weighted by Crippen LogP contribution is -2.32. The van der Waals surface area contributed by atoms with E-state index in [-0.39, 0.29) is 24.0 Å². The summed E-state index contributed by atoms with van der Waals surface area (Å²) in [4.78, 5) is 24.1. The van der Waals surface area contributed by atoms with E-state index in [2.05, 4.69) is 46.8 Å². The molecule has 0 radical (unpaired) electrons. The van der Waals surface area contributed by atoms with Gasteiger partial charge in [0.05, 0.1) is 7.11 Å². The molecule has 0 atom stereocenters. The first-order valence-corrected chi connectivity index (χ1v) is 11.1. The topological polar surface area (TPSA) is 154 Å². The molecule has 3 aromatic rings. The van der Waals surface area contributed by atoms with Crippen molar-refractivity contribution in [2.45, 2.75) is 13.5 Å². The number of nitrogens with zero attached hydrogens (tertiary/aromatic N) is 2. The second kappa shape index (κ2) is 12.0. The first-order chi connectivity index (χ1) is 16.4. The number of aromatic nitrogens is 2. The number of anilines is 2. The third-order valence-electron chi connectivity index (χ3n) is 4.66. The van der Waals surface area contributed by atoms with E-state index in [9.17, 15) is 9.59 Å². The molecule has 5 N–H and O–H groups in total. The summed E-state index contributed by atoms with van der Waals surface area (Å²) in [6.45, 7) is 3.14. The summed E-state index contributed by atoms with van der Waals surface area (Å²) >= 11 is 3.52. The summed E-state index contributed by atoms with van der Waals surface area (Å²) < 4.78 is 16.3. The first kappa shape index (κ1) is 25.0. The van der Waals surface area contributed by atoms with Crippen LogP contribution in [0, 0.1) is 6.92 Å². The minimum absolute atomic E-state index is 0.0457. The van der Waals surface area contributed by atoms with Crippen molar-refractivity contribution < 1.29 is 23.7 Å². The zero-order valence-electron chi connectivity index (χ0n) is 18.7. The number of halogens is 1. The fraction of sp³-hybridized carbons (Fsp3) is 0.273. The van der Waals surface area contributed by atoms with E-state index in [1.807, 2.05) is 37.3 Å². The summed E-state index contributed by atoms with van der Waals surface area (Å²) in [7, 11) is 1.53. The fourth-order valence-electron chi connectivity index (χ4n) is 2.89. The molecule has 2 amide bonds. The van der Waals surface area contributed by atoms with Crippen molar-refractivity contribution in [3.05, 3.63) is 57.7 Å². The van der Waals surface area contributed by atoms with Crippen LogP contribution >= 0.6 is 15.9 Å². The van der Waals surface area contributed by atoms with Crippen LogP contribution in [-0.4, -0.2) is 48.9 Å². The number of nitrogen functional groups attached to an aromatic ring is 1. The van der Waals surface area contributed by atoms with Crippen LogP contribution in [0.1, 0.15) is 21.6 Å². The number of ether oxygens (including phenoxy) is 2. The van der Waals surface area contributed by atoms with E-state index < -0.39 is 5.91 Å². The van der Waals surface area contributed by atoms with E-state index in [1.54, 1.807) is 6.07 Å². The predicted molar refractivity (Wildman–Crippen MR) is 129 cm³/mol. The number of nitrogens with one attached hydrogen (secondary N) is 3. The lowest BCUT2D eigenvalue weighted by molar-refractivity contribution is -0.118. The molecule has 0 spiro atoms. The lowest BCUT2D eigenvalue weighted by Gasteiger charge is -2.14. The average molecular weight is 533 g/mol. The standard InChI is InChI=1S/C22H25BrN6O5/c1-13-3-5-15(6-4-13)27-19(30)12-33-18-10-16(23)14(9-17(18)32-2)11-25-7-8-26-22(31)20-21(24)29-34-28-20/h3-6,9-10,25H,7-8,11-12H2,1-2H3,(H2,24,29)(H,26,31)(H,27,30). The maximum absolute atomic E-state index is 12.2. The van der Waals surface area contributed by atoms with Crippen LogP contribution in [0.5, 0.6) is 11.5 Å². The van der Waals surface area contributed by atoms with Crippen molar-refractivity contribution in [3.63, 3.8) is 0 Å². The summed E-state index contributed by atoms with van der Waals surface area (Å²) in [5.41, 5.74) is 8.16. The summed E-state index contributed by atoms with van der Waals surface area (Å²) in [6.07, 6.45) is 0. The molecular formula is C22H25BrN6O5. The minimum Gasteiger partial charge on any atom is -0.493 e. The predicted octanol–water partition coefficient (Wildman–Crippen LogP) is 2.27. The van der Waals surface area contributed by atoms with Gasteiger partial charge in [-0.25, -0.2) is 4.63 Å². The Hall–Kier alpha value is -3.64. The normalized spacial score (nSPS) is 10.6. The maximum Gasteiger partial charge on any atom is 0.277 e. The highest BCUT2D eigenvalue weighted by Gasteiger charge is 2.15. The van der Waals surface area contributed by atoms with E-state index in [0.29, 0.717) is 36.8 Å². The number of aryl methyl sites for hydroxylation is 1. The van der Waals surface area contributed by atoms with Gasteiger partial charge in [-0.1, -0.05) is 33.6 Å². The molecule has 3 rings (SSSR count). The van der Waals surface area contributed by atoms with E-state index in [4.69, 9.17) is 15.2 Å². The van der Waals surface area contributed by atoms with Gasteiger partial charge < -0.3 is 31.2 Å². The van der Waals surface area contributed by atoms with Crippen LogP contribution in [0.2, 0.25) is 0 Å². The quantitative estimate of drug-likeness (QED) is 0.272. The molecule has 0 fully saturated rings. The van der Waals surface area contributed by atoms with Crippen molar-refractivity contribution in [1.29, 1.82) is 0 Å². The van der Waals surface area contributed by atoms with Crippen LogP contribution in [0.4, 0.5) is 11.5 Å². The van der Waals surface area contributed by atoms with E-state index in [0.717, 1.165) is 15.6 Å². The van der Waals surface area contributed by atoms with Gasteiger partial charge in [0.2, 0.25) is 11.5 Å². The molecule has 0 saturated carbocycles. The Morgan fingerprint density at radius 1 is 1.12 bits per heavy atom. The van der Waals surface area contributed by atoms with Crippen LogP contribution < -0.4 is 31.2 Å². The molecule has 180 valence electrons. The molecular weight excluding hydrogens is 508 g/mol. The molecule has 0 unspecified atom stereocenters. The Balaban J connectivity index is 1.47. The Labute approximate surface area is 204 Å². The Kier molecular flexibility index (Phi) is 8.82. The zero-order chi connectivity index (χ0) is 24.5. The highest BCUT2D eigenvalue weighted by atomic mass is 79.9. The van der Waals surface area contributed by atoms with Crippen molar-refractivity contribution in [3.8, 4) is 11.5 Å². The molecule has 1 heterocycles. The van der Waals surface area contributed by atoms with Gasteiger partial charge >= 0.3 is 0 Å². The Morgan fingerprint density at radius 3 is 2.56 bits per heavy atom. The van der Waals surface area contributed by atoms with Gasteiger partial charge in [-0.2, -0.15) is 0 Å². The highest BCUT2D eigenvalue weighted by molar-refractivity contribution is 9.10. The van der Waals surface area contributed by atoms with Crippen molar-refractivity contribution in [2.24, 2.45) is 0 Å². The first-order valence-electron chi connectivity index (χ1n) is 10.3. The molecule has 2 aromatic carbocycles. The summed E-state index contributed by atoms with van der Waals surface area (Å²) in [6, 6.07) is 11.1. The monoisotopic (exact) mass is 532 g/mol. The molecule has 0 aliphatic rings. The van der Waals surface area contributed by atoms with Crippen LogP contribution in [0.15, 0.2) is 45.5 Å². The van der Waals surface area contributed by atoms with Crippen LogP contribution in [-0.2, 0) is 11.3 Å². The average Bonchev–Trinajstić information content (AvgIpc) is 3.25.